The Morgan fingerprint density at radius 3 is 2.15 bits per heavy atom. The van der Waals surface area contributed by atoms with Crippen LogP contribution in [0.4, 0.5) is 0 Å². The Labute approximate surface area is 82.0 Å². The fraction of sp³-hybridized carbons (Fsp3) is 1.00. The van der Waals surface area contributed by atoms with Crippen LogP contribution < -0.4 is 0 Å². The summed E-state index contributed by atoms with van der Waals surface area (Å²) in [5, 5.41) is 19.0. The summed E-state index contributed by atoms with van der Waals surface area (Å²) in [4.78, 5) is 0. The van der Waals surface area contributed by atoms with Crippen molar-refractivity contribution in [3.63, 3.8) is 0 Å². The Morgan fingerprint density at radius 1 is 1.08 bits per heavy atom. The van der Waals surface area contributed by atoms with Crippen LogP contribution in [0.2, 0.25) is 0 Å². The lowest BCUT2D eigenvalue weighted by atomic mass is 9.98. The topological polar surface area (TPSA) is 40.5 Å². The number of aliphatic hydroxyl groups excluding tert-OH is 2. The van der Waals surface area contributed by atoms with Crippen LogP contribution in [0.1, 0.15) is 52.9 Å². The van der Waals surface area contributed by atoms with Crippen molar-refractivity contribution in [1.82, 2.24) is 0 Å². The molecule has 0 aromatic heterocycles. The van der Waals surface area contributed by atoms with Crippen LogP contribution in [-0.4, -0.2) is 22.4 Å². The summed E-state index contributed by atoms with van der Waals surface area (Å²) < 4.78 is 0. The Kier molecular flexibility index (Phi) is 7.29. The van der Waals surface area contributed by atoms with Crippen LogP contribution in [0.15, 0.2) is 0 Å². The fourth-order valence-corrected chi connectivity index (χ4v) is 1.30. The molecule has 2 heteroatoms. The molecule has 0 aliphatic rings. The van der Waals surface area contributed by atoms with E-state index in [4.69, 9.17) is 0 Å². The molecule has 13 heavy (non-hydrogen) atoms. The molecule has 2 N–H and O–H groups in total. The molecule has 0 spiro atoms. The lowest BCUT2D eigenvalue weighted by Gasteiger charge is -2.18. The highest BCUT2D eigenvalue weighted by molar-refractivity contribution is 4.66. The highest BCUT2D eigenvalue weighted by Crippen LogP contribution is 2.12. The summed E-state index contributed by atoms with van der Waals surface area (Å²) in [6, 6.07) is 0. The standard InChI is InChI=1S/C11H24O2/c1-4-5-6-7-10(12)8-11(13)9(2)3/h9-13H,4-8H2,1-3H3/t10-,11-/m1/s1. The molecular weight excluding hydrogens is 164 g/mol. The van der Waals surface area contributed by atoms with E-state index in [0.717, 1.165) is 12.8 Å². The summed E-state index contributed by atoms with van der Waals surface area (Å²) in [6.07, 6.45) is 4.12. The minimum Gasteiger partial charge on any atom is -0.393 e. The van der Waals surface area contributed by atoms with Gasteiger partial charge in [-0.2, -0.15) is 0 Å². The van der Waals surface area contributed by atoms with Crippen LogP contribution in [0.3, 0.4) is 0 Å². The van der Waals surface area contributed by atoms with E-state index >= 15 is 0 Å². The lowest BCUT2D eigenvalue weighted by Crippen LogP contribution is -2.22. The molecule has 0 bridgehead atoms. The molecule has 0 aliphatic heterocycles. The first kappa shape index (κ1) is 12.9. The summed E-state index contributed by atoms with van der Waals surface area (Å²) in [7, 11) is 0. The highest BCUT2D eigenvalue weighted by atomic mass is 16.3. The molecule has 0 aromatic carbocycles. The second-order valence-corrected chi connectivity index (χ2v) is 4.20. The third kappa shape index (κ3) is 7.03. The quantitative estimate of drug-likeness (QED) is 0.602. The SMILES string of the molecule is CCCCC[C@@H](O)C[C@@H](O)C(C)C. The van der Waals surface area contributed by atoms with E-state index in [1.165, 1.54) is 12.8 Å². The van der Waals surface area contributed by atoms with E-state index in [2.05, 4.69) is 6.92 Å². The Bertz CT molecular complexity index is 113. The van der Waals surface area contributed by atoms with Gasteiger partial charge in [0.25, 0.3) is 0 Å². The van der Waals surface area contributed by atoms with Crippen molar-refractivity contribution < 1.29 is 10.2 Å². The Balaban J connectivity index is 3.43. The molecular formula is C11H24O2. The van der Waals surface area contributed by atoms with Gasteiger partial charge in [0.2, 0.25) is 0 Å². The second-order valence-electron chi connectivity index (χ2n) is 4.20. The second kappa shape index (κ2) is 7.34. The van der Waals surface area contributed by atoms with E-state index in [1.54, 1.807) is 0 Å². The predicted octanol–water partition coefficient (Wildman–Crippen LogP) is 2.33. The van der Waals surface area contributed by atoms with Gasteiger partial charge in [0.15, 0.2) is 0 Å². The van der Waals surface area contributed by atoms with Gasteiger partial charge in [-0.05, 0) is 18.8 Å². The van der Waals surface area contributed by atoms with Crippen molar-refractivity contribution in [1.29, 1.82) is 0 Å². The van der Waals surface area contributed by atoms with Gasteiger partial charge in [0.05, 0.1) is 12.2 Å². The zero-order valence-electron chi connectivity index (χ0n) is 9.16. The van der Waals surface area contributed by atoms with Crippen molar-refractivity contribution in [3.8, 4) is 0 Å². The van der Waals surface area contributed by atoms with Gasteiger partial charge < -0.3 is 10.2 Å². The average Bonchev–Trinajstić information content (AvgIpc) is 2.04. The first-order chi connectivity index (χ1) is 6.07. The van der Waals surface area contributed by atoms with Crippen LogP contribution in [0.5, 0.6) is 0 Å². The van der Waals surface area contributed by atoms with Crippen LogP contribution in [0, 0.1) is 5.92 Å². The molecule has 2 atom stereocenters. The van der Waals surface area contributed by atoms with E-state index < -0.39 is 0 Å². The minimum absolute atomic E-state index is 0.251. The Hall–Kier alpha value is -0.0800. The summed E-state index contributed by atoms with van der Waals surface area (Å²) in [5.41, 5.74) is 0. The van der Waals surface area contributed by atoms with Crippen LogP contribution in [0.25, 0.3) is 0 Å². The average molecular weight is 188 g/mol. The molecule has 80 valence electrons. The van der Waals surface area contributed by atoms with Crippen molar-refractivity contribution in [2.45, 2.75) is 65.1 Å². The Morgan fingerprint density at radius 2 is 1.69 bits per heavy atom. The highest BCUT2D eigenvalue weighted by Gasteiger charge is 2.14. The number of aliphatic hydroxyl groups is 2. The number of unbranched alkanes of at least 4 members (excludes halogenated alkanes) is 2. The largest absolute Gasteiger partial charge is 0.393 e. The molecule has 0 radical (unpaired) electrons. The molecule has 0 amide bonds. The van der Waals surface area contributed by atoms with E-state index in [9.17, 15) is 10.2 Å². The maximum Gasteiger partial charge on any atom is 0.0587 e. The van der Waals surface area contributed by atoms with Gasteiger partial charge >= 0.3 is 0 Å². The van der Waals surface area contributed by atoms with Crippen LogP contribution >= 0.6 is 0 Å². The number of hydrogen-bond donors (Lipinski definition) is 2. The van der Waals surface area contributed by atoms with Gasteiger partial charge in [0.1, 0.15) is 0 Å². The third-order valence-corrected chi connectivity index (χ3v) is 2.42. The van der Waals surface area contributed by atoms with E-state index in [-0.39, 0.29) is 18.1 Å². The fourth-order valence-electron chi connectivity index (χ4n) is 1.30. The summed E-state index contributed by atoms with van der Waals surface area (Å²) in [6.45, 7) is 6.10. The van der Waals surface area contributed by atoms with Crippen LogP contribution in [-0.2, 0) is 0 Å². The molecule has 0 saturated heterocycles. The molecule has 2 nitrogen and oxygen atoms in total. The van der Waals surface area contributed by atoms with Crippen molar-refractivity contribution >= 4 is 0 Å². The van der Waals surface area contributed by atoms with E-state index in [0.29, 0.717) is 6.42 Å². The molecule has 0 fully saturated rings. The van der Waals surface area contributed by atoms with Crippen molar-refractivity contribution in [2.24, 2.45) is 5.92 Å². The predicted molar refractivity (Wildman–Crippen MR) is 55.6 cm³/mol. The molecule has 0 unspecified atom stereocenters. The number of hydrogen-bond acceptors (Lipinski definition) is 2. The van der Waals surface area contributed by atoms with Gasteiger partial charge in [-0.1, -0.05) is 40.0 Å². The van der Waals surface area contributed by atoms with Gasteiger partial charge in [-0.15, -0.1) is 0 Å². The first-order valence-electron chi connectivity index (χ1n) is 5.44. The summed E-state index contributed by atoms with van der Waals surface area (Å²) in [5.74, 6) is 0.251. The maximum absolute atomic E-state index is 9.54. The van der Waals surface area contributed by atoms with E-state index in [1.807, 2.05) is 13.8 Å². The molecule has 0 aromatic rings. The maximum atomic E-state index is 9.54. The van der Waals surface area contributed by atoms with Crippen molar-refractivity contribution in [2.75, 3.05) is 0 Å². The first-order valence-corrected chi connectivity index (χ1v) is 5.44. The molecule has 0 rings (SSSR count). The third-order valence-electron chi connectivity index (χ3n) is 2.42. The normalized spacial score (nSPS) is 16.2. The molecule has 0 heterocycles. The van der Waals surface area contributed by atoms with Gasteiger partial charge in [-0.3, -0.25) is 0 Å². The van der Waals surface area contributed by atoms with Gasteiger partial charge in [0, 0.05) is 0 Å². The molecule has 0 aliphatic carbocycles. The molecule has 0 saturated carbocycles. The minimum atomic E-state index is -0.350. The monoisotopic (exact) mass is 188 g/mol. The summed E-state index contributed by atoms with van der Waals surface area (Å²) >= 11 is 0. The lowest BCUT2D eigenvalue weighted by molar-refractivity contribution is 0.0489. The zero-order chi connectivity index (χ0) is 10.3. The zero-order valence-corrected chi connectivity index (χ0v) is 9.16. The smallest absolute Gasteiger partial charge is 0.0587 e. The van der Waals surface area contributed by atoms with Gasteiger partial charge in [-0.25, -0.2) is 0 Å². The number of rotatable bonds is 7. The van der Waals surface area contributed by atoms with Crippen molar-refractivity contribution in [3.05, 3.63) is 0 Å².